The second-order valence-electron chi connectivity index (χ2n) is 5.50. The summed E-state index contributed by atoms with van der Waals surface area (Å²) in [5.74, 6) is 0.215. The Morgan fingerprint density at radius 1 is 1.28 bits per heavy atom. The Kier molecular flexibility index (Phi) is 2.86. The van der Waals surface area contributed by atoms with Crippen LogP contribution in [0, 0.1) is 0 Å². The molecule has 1 N–H and O–H groups in total. The highest BCUT2D eigenvalue weighted by Gasteiger charge is 2.53. The third-order valence-electron chi connectivity index (χ3n) is 4.17. The topological polar surface area (TPSA) is 40.5 Å². The summed E-state index contributed by atoms with van der Waals surface area (Å²) in [5, 5.41) is 9.69. The fourth-order valence-electron chi connectivity index (χ4n) is 2.95. The zero-order chi connectivity index (χ0) is 12.6. The van der Waals surface area contributed by atoms with E-state index in [2.05, 4.69) is 0 Å². The number of likely N-dealkylation sites (tertiary alicyclic amines) is 1. The fourth-order valence-corrected chi connectivity index (χ4v) is 2.95. The van der Waals surface area contributed by atoms with Gasteiger partial charge in [-0.15, -0.1) is 0 Å². The minimum atomic E-state index is -0.339. The Labute approximate surface area is 107 Å². The first-order valence-electron chi connectivity index (χ1n) is 6.75. The van der Waals surface area contributed by atoms with Crippen molar-refractivity contribution in [3.05, 3.63) is 35.9 Å². The molecule has 2 aliphatic rings. The van der Waals surface area contributed by atoms with E-state index in [1.807, 2.05) is 35.2 Å². The quantitative estimate of drug-likeness (QED) is 0.861. The van der Waals surface area contributed by atoms with E-state index in [-0.39, 0.29) is 17.4 Å². The van der Waals surface area contributed by atoms with Gasteiger partial charge in [-0.1, -0.05) is 30.3 Å². The van der Waals surface area contributed by atoms with Gasteiger partial charge in [-0.2, -0.15) is 0 Å². The molecule has 0 aromatic heterocycles. The van der Waals surface area contributed by atoms with Gasteiger partial charge >= 0.3 is 0 Å². The zero-order valence-electron chi connectivity index (χ0n) is 10.5. The van der Waals surface area contributed by atoms with E-state index < -0.39 is 0 Å². The van der Waals surface area contributed by atoms with Crippen LogP contribution in [0.5, 0.6) is 0 Å². The molecule has 1 saturated heterocycles. The van der Waals surface area contributed by atoms with Gasteiger partial charge in [0.15, 0.2) is 0 Å². The van der Waals surface area contributed by atoms with Gasteiger partial charge in [0.1, 0.15) is 0 Å². The molecule has 18 heavy (non-hydrogen) atoms. The molecular formula is C15H19NO2. The van der Waals surface area contributed by atoms with E-state index >= 15 is 0 Å². The van der Waals surface area contributed by atoms with Crippen molar-refractivity contribution < 1.29 is 9.90 Å². The number of carbonyl (C=O) groups excluding carboxylic acids is 1. The normalized spacial score (nSPS) is 25.8. The molecule has 1 aliphatic heterocycles. The van der Waals surface area contributed by atoms with Crippen LogP contribution in [0.3, 0.4) is 0 Å². The number of hydrogen-bond donors (Lipinski definition) is 1. The predicted molar refractivity (Wildman–Crippen MR) is 69.2 cm³/mol. The highest BCUT2D eigenvalue weighted by molar-refractivity contribution is 5.91. The Bertz CT molecular complexity index is 439. The van der Waals surface area contributed by atoms with E-state index in [1.54, 1.807) is 0 Å². The van der Waals surface area contributed by atoms with Gasteiger partial charge in [-0.05, 0) is 31.2 Å². The second kappa shape index (κ2) is 4.39. The minimum Gasteiger partial charge on any atom is -0.391 e. The highest BCUT2D eigenvalue weighted by atomic mass is 16.3. The Balaban J connectivity index is 1.80. The van der Waals surface area contributed by atoms with Crippen molar-refractivity contribution in [2.75, 3.05) is 13.1 Å². The Morgan fingerprint density at radius 2 is 2.00 bits per heavy atom. The van der Waals surface area contributed by atoms with E-state index in [4.69, 9.17) is 0 Å². The summed E-state index contributed by atoms with van der Waals surface area (Å²) in [6, 6.07) is 10.1. The van der Waals surface area contributed by atoms with Gasteiger partial charge in [0, 0.05) is 13.1 Å². The maximum atomic E-state index is 12.6. The van der Waals surface area contributed by atoms with Crippen LogP contribution in [0.4, 0.5) is 0 Å². The minimum absolute atomic E-state index is 0.215. The van der Waals surface area contributed by atoms with Crippen molar-refractivity contribution in [2.45, 2.75) is 37.2 Å². The lowest BCUT2D eigenvalue weighted by Gasteiger charge is -2.33. The molecule has 0 unspecified atom stereocenters. The van der Waals surface area contributed by atoms with Gasteiger partial charge in [-0.25, -0.2) is 0 Å². The average Bonchev–Trinajstić information content (AvgIpc) is 3.20. The maximum absolute atomic E-state index is 12.6. The number of carbonyl (C=O) groups is 1. The summed E-state index contributed by atoms with van der Waals surface area (Å²) >= 11 is 0. The van der Waals surface area contributed by atoms with Crippen molar-refractivity contribution in [1.82, 2.24) is 4.90 Å². The van der Waals surface area contributed by atoms with Crippen LogP contribution < -0.4 is 0 Å². The van der Waals surface area contributed by atoms with Crippen molar-refractivity contribution >= 4 is 5.91 Å². The molecule has 1 atom stereocenters. The summed E-state index contributed by atoms with van der Waals surface area (Å²) in [4.78, 5) is 14.5. The number of rotatable bonds is 2. The van der Waals surface area contributed by atoms with Gasteiger partial charge in [0.05, 0.1) is 11.5 Å². The predicted octanol–water partition coefficient (Wildman–Crippen LogP) is 1.70. The first kappa shape index (κ1) is 11.7. The molecule has 1 amide bonds. The standard InChI is InChI=1S/C15H19NO2/c17-13-7-4-10-16(11-13)14(18)15(8-9-15)12-5-2-1-3-6-12/h1-3,5-6,13,17H,4,7-11H2/t13-/m1/s1. The number of benzene rings is 1. The summed E-state index contributed by atoms with van der Waals surface area (Å²) < 4.78 is 0. The zero-order valence-corrected chi connectivity index (χ0v) is 10.5. The molecule has 1 aromatic carbocycles. The van der Waals surface area contributed by atoms with Crippen molar-refractivity contribution in [1.29, 1.82) is 0 Å². The Morgan fingerprint density at radius 3 is 2.61 bits per heavy atom. The number of nitrogens with zero attached hydrogens (tertiary/aromatic N) is 1. The number of β-amino-alcohol motifs (C(OH)–C–C–N with tert-alkyl or cyclic N) is 1. The third kappa shape index (κ3) is 1.93. The molecule has 1 aliphatic carbocycles. The molecule has 3 heteroatoms. The summed E-state index contributed by atoms with van der Waals surface area (Å²) in [6.07, 6.45) is 3.29. The number of hydrogen-bond acceptors (Lipinski definition) is 2. The second-order valence-corrected chi connectivity index (χ2v) is 5.50. The largest absolute Gasteiger partial charge is 0.391 e. The lowest BCUT2D eigenvalue weighted by atomic mass is 9.93. The van der Waals surface area contributed by atoms with Crippen LogP contribution in [0.25, 0.3) is 0 Å². The molecule has 0 spiro atoms. The number of amides is 1. The summed E-state index contributed by atoms with van der Waals surface area (Å²) in [7, 11) is 0. The monoisotopic (exact) mass is 245 g/mol. The molecule has 2 fully saturated rings. The fraction of sp³-hybridized carbons (Fsp3) is 0.533. The molecule has 1 saturated carbocycles. The van der Waals surface area contributed by atoms with E-state index in [9.17, 15) is 9.90 Å². The van der Waals surface area contributed by atoms with E-state index in [0.29, 0.717) is 6.54 Å². The lowest BCUT2D eigenvalue weighted by Crippen LogP contribution is -2.46. The highest BCUT2D eigenvalue weighted by Crippen LogP contribution is 2.49. The van der Waals surface area contributed by atoms with Crippen molar-refractivity contribution in [2.24, 2.45) is 0 Å². The first-order chi connectivity index (χ1) is 8.72. The van der Waals surface area contributed by atoms with E-state index in [1.165, 1.54) is 0 Å². The molecule has 1 heterocycles. The van der Waals surface area contributed by atoms with Gasteiger partial charge in [-0.3, -0.25) is 4.79 Å². The van der Waals surface area contributed by atoms with Crippen LogP contribution in [-0.4, -0.2) is 35.1 Å². The van der Waals surface area contributed by atoms with Crippen LogP contribution in [0.15, 0.2) is 30.3 Å². The molecule has 96 valence electrons. The van der Waals surface area contributed by atoms with Crippen LogP contribution in [0.2, 0.25) is 0 Å². The summed E-state index contributed by atoms with van der Waals surface area (Å²) in [6.45, 7) is 1.30. The van der Waals surface area contributed by atoms with Crippen LogP contribution in [0.1, 0.15) is 31.2 Å². The molecular weight excluding hydrogens is 226 g/mol. The average molecular weight is 245 g/mol. The van der Waals surface area contributed by atoms with Gasteiger partial charge < -0.3 is 10.0 Å². The number of aliphatic hydroxyl groups excluding tert-OH is 1. The number of piperidine rings is 1. The molecule has 0 radical (unpaired) electrons. The smallest absolute Gasteiger partial charge is 0.233 e. The van der Waals surface area contributed by atoms with Gasteiger partial charge in [0.2, 0.25) is 5.91 Å². The lowest BCUT2D eigenvalue weighted by molar-refractivity contribution is -0.137. The van der Waals surface area contributed by atoms with Crippen molar-refractivity contribution in [3.8, 4) is 0 Å². The molecule has 1 aromatic rings. The molecule has 0 bridgehead atoms. The number of aliphatic hydroxyl groups is 1. The van der Waals surface area contributed by atoms with Crippen LogP contribution >= 0.6 is 0 Å². The molecule has 3 nitrogen and oxygen atoms in total. The van der Waals surface area contributed by atoms with Crippen LogP contribution in [-0.2, 0) is 10.2 Å². The van der Waals surface area contributed by atoms with Crippen molar-refractivity contribution in [3.63, 3.8) is 0 Å². The summed E-state index contributed by atoms with van der Waals surface area (Å²) in [5.41, 5.74) is 0.855. The molecule has 3 rings (SSSR count). The first-order valence-corrected chi connectivity index (χ1v) is 6.75. The SMILES string of the molecule is O=C(N1CCC[C@@H](O)C1)C1(c2ccccc2)CC1. The van der Waals surface area contributed by atoms with Gasteiger partial charge in [0.25, 0.3) is 0 Å². The maximum Gasteiger partial charge on any atom is 0.233 e. The Hall–Kier alpha value is -1.35. The van der Waals surface area contributed by atoms with E-state index in [0.717, 1.165) is 37.8 Å². The third-order valence-corrected chi connectivity index (χ3v) is 4.17.